The molecular formula is C20H14ClF4N3O6. The Bertz CT molecular complexity index is 1370. The average molecular weight is 504 g/mol. The van der Waals surface area contributed by atoms with Gasteiger partial charge in [-0.2, -0.15) is 13.2 Å². The Morgan fingerprint density at radius 2 is 1.88 bits per heavy atom. The Labute approximate surface area is 192 Å². The smallest absolute Gasteiger partial charge is 0.431 e. The molecule has 0 spiro atoms. The molecule has 0 amide bonds. The quantitative estimate of drug-likeness (QED) is 0.376. The minimum Gasteiger partial charge on any atom is -0.466 e. The number of hydrogen-bond acceptors (Lipinski definition) is 7. The van der Waals surface area contributed by atoms with Crippen molar-refractivity contribution >= 4 is 17.6 Å². The molecule has 9 nitrogen and oxygen atoms in total. The monoisotopic (exact) mass is 503 g/mol. The van der Waals surface area contributed by atoms with E-state index in [0.29, 0.717) is 0 Å². The molecule has 2 heterocycles. The van der Waals surface area contributed by atoms with Crippen LogP contribution in [0.3, 0.4) is 0 Å². The Hall–Kier alpha value is -3.87. The number of carbonyl (C=O) groups excluding carboxylic acids is 1. The van der Waals surface area contributed by atoms with Gasteiger partial charge in [0.15, 0.2) is 6.61 Å². The van der Waals surface area contributed by atoms with Crippen LogP contribution < -0.4 is 20.7 Å². The van der Waals surface area contributed by atoms with Gasteiger partial charge in [0, 0.05) is 31.4 Å². The first-order valence-electron chi connectivity index (χ1n) is 9.15. The summed E-state index contributed by atoms with van der Waals surface area (Å²) in [5.41, 5.74) is -5.03. The van der Waals surface area contributed by atoms with Crippen LogP contribution in [0.25, 0.3) is 5.69 Å². The molecule has 3 aromatic rings. The molecule has 0 atom stereocenters. The van der Waals surface area contributed by atoms with E-state index >= 15 is 0 Å². The van der Waals surface area contributed by atoms with Gasteiger partial charge in [-0.1, -0.05) is 11.6 Å². The molecule has 0 fully saturated rings. The minimum atomic E-state index is -4.98. The number of hydrogen-bond donors (Lipinski definition) is 0. The summed E-state index contributed by atoms with van der Waals surface area (Å²) < 4.78 is 69.3. The third-order valence-electron chi connectivity index (χ3n) is 4.35. The van der Waals surface area contributed by atoms with Crippen molar-refractivity contribution in [2.45, 2.75) is 6.18 Å². The van der Waals surface area contributed by atoms with E-state index in [4.69, 9.17) is 21.1 Å². The van der Waals surface area contributed by atoms with Crippen molar-refractivity contribution in [3.63, 3.8) is 0 Å². The second kappa shape index (κ2) is 9.55. The van der Waals surface area contributed by atoms with Gasteiger partial charge in [-0.15, -0.1) is 0 Å². The molecule has 0 aliphatic rings. The predicted molar refractivity (Wildman–Crippen MR) is 109 cm³/mol. The number of carbonyl (C=O) groups is 1. The first-order valence-corrected chi connectivity index (χ1v) is 9.53. The normalized spacial score (nSPS) is 11.3. The maximum Gasteiger partial charge on any atom is 0.431 e. The number of ether oxygens (including phenoxy) is 3. The number of rotatable bonds is 6. The Balaban J connectivity index is 2.02. The van der Waals surface area contributed by atoms with E-state index in [9.17, 15) is 31.9 Å². The lowest BCUT2D eigenvalue weighted by molar-refractivity contribution is -0.144. The molecule has 0 saturated heterocycles. The van der Waals surface area contributed by atoms with Gasteiger partial charge in [-0.05, 0) is 12.1 Å². The molecule has 1 aromatic carbocycles. The maximum atomic E-state index is 14.6. The summed E-state index contributed by atoms with van der Waals surface area (Å²) in [6, 6.07) is 4.39. The molecule has 0 saturated carbocycles. The number of aromatic nitrogens is 3. The average Bonchev–Trinajstić information content (AvgIpc) is 2.77. The van der Waals surface area contributed by atoms with Gasteiger partial charge < -0.3 is 14.2 Å². The number of esters is 1. The van der Waals surface area contributed by atoms with Crippen LogP contribution in [0.1, 0.15) is 5.69 Å². The molecule has 34 heavy (non-hydrogen) atoms. The number of nitrogens with zero attached hydrogens (tertiary/aromatic N) is 3. The fourth-order valence-electron chi connectivity index (χ4n) is 2.74. The number of benzene rings is 1. The van der Waals surface area contributed by atoms with Crippen molar-refractivity contribution in [2.75, 3.05) is 13.7 Å². The second-order valence-electron chi connectivity index (χ2n) is 6.57. The molecule has 0 aliphatic heterocycles. The van der Waals surface area contributed by atoms with Crippen LogP contribution in [0.4, 0.5) is 17.6 Å². The van der Waals surface area contributed by atoms with Gasteiger partial charge in [-0.25, -0.2) is 23.5 Å². The van der Waals surface area contributed by atoms with Gasteiger partial charge in [0.25, 0.3) is 5.56 Å². The van der Waals surface area contributed by atoms with Gasteiger partial charge in [0.2, 0.25) is 5.88 Å². The summed E-state index contributed by atoms with van der Waals surface area (Å²) in [7, 11) is 1.96. The van der Waals surface area contributed by atoms with Gasteiger partial charge in [-0.3, -0.25) is 9.36 Å². The summed E-state index contributed by atoms with van der Waals surface area (Å²) >= 11 is 6.00. The van der Waals surface area contributed by atoms with Crippen molar-refractivity contribution in [1.82, 2.24) is 14.1 Å². The van der Waals surface area contributed by atoms with E-state index in [0.717, 1.165) is 19.2 Å². The minimum absolute atomic E-state index is 0.0332. The molecule has 0 N–H and O–H groups in total. The maximum absolute atomic E-state index is 14.6. The SMILES string of the molecule is COC(=O)COc1cc(Oc2cc(-n3c(=O)cc(C(F)(F)F)n(C)c3=O)c(F)cc2Cl)ccn1. The van der Waals surface area contributed by atoms with Crippen molar-refractivity contribution in [1.29, 1.82) is 0 Å². The van der Waals surface area contributed by atoms with Crippen LogP contribution in [-0.4, -0.2) is 33.8 Å². The third-order valence-corrected chi connectivity index (χ3v) is 4.65. The largest absolute Gasteiger partial charge is 0.466 e. The lowest BCUT2D eigenvalue weighted by Gasteiger charge is -2.15. The zero-order valence-corrected chi connectivity index (χ0v) is 18.1. The lowest BCUT2D eigenvalue weighted by Crippen LogP contribution is -2.41. The van der Waals surface area contributed by atoms with Crippen LogP contribution in [0.5, 0.6) is 17.4 Å². The van der Waals surface area contributed by atoms with E-state index in [-0.39, 0.29) is 37.6 Å². The number of methoxy groups -OCH3 is 1. The molecule has 0 bridgehead atoms. The topological polar surface area (TPSA) is 102 Å². The first kappa shape index (κ1) is 24.8. The Morgan fingerprint density at radius 1 is 1.18 bits per heavy atom. The Morgan fingerprint density at radius 3 is 2.53 bits per heavy atom. The standard InChI is InChI=1S/C20H14ClF4N3O6/c1-27-15(20(23,24)25)8-17(29)28(19(27)31)13-7-14(11(21)6-12(13)22)34-10-3-4-26-16(5-10)33-9-18(30)32-2/h3-8H,9H2,1-2H3. The molecule has 2 aromatic heterocycles. The number of alkyl halides is 3. The van der Waals surface area contributed by atoms with E-state index in [1.165, 1.54) is 25.4 Å². The van der Waals surface area contributed by atoms with Crippen molar-refractivity contribution < 1.29 is 36.6 Å². The van der Waals surface area contributed by atoms with Gasteiger partial charge >= 0.3 is 17.8 Å². The van der Waals surface area contributed by atoms with E-state index in [2.05, 4.69) is 9.72 Å². The highest BCUT2D eigenvalue weighted by Gasteiger charge is 2.35. The molecule has 180 valence electrons. The summed E-state index contributed by atoms with van der Waals surface area (Å²) in [6.45, 7) is -0.436. The highest BCUT2D eigenvalue weighted by Crippen LogP contribution is 2.33. The highest BCUT2D eigenvalue weighted by atomic mass is 35.5. The van der Waals surface area contributed by atoms with E-state index < -0.39 is 47.2 Å². The summed E-state index contributed by atoms with van der Waals surface area (Å²) in [6.07, 6.45) is -3.72. The van der Waals surface area contributed by atoms with Crippen LogP contribution >= 0.6 is 11.6 Å². The zero-order valence-electron chi connectivity index (χ0n) is 17.4. The van der Waals surface area contributed by atoms with Crippen molar-refractivity contribution in [2.24, 2.45) is 7.05 Å². The van der Waals surface area contributed by atoms with Crippen LogP contribution in [0.15, 0.2) is 46.1 Å². The van der Waals surface area contributed by atoms with Crippen LogP contribution in [0, 0.1) is 5.82 Å². The second-order valence-corrected chi connectivity index (χ2v) is 6.98. The van der Waals surface area contributed by atoms with E-state index in [1.807, 2.05) is 0 Å². The van der Waals surface area contributed by atoms with Crippen molar-refractivity contribution in [3.8, 4) is 23.1 Å². The molecule has 0 radical (unpaired) electrons. The number of pyridine rings is 1. The van der Waals surface area contributed by atoms with Crippen LogP contribution in [-0.2, 0) is 22.8 Å². The van der Waals surface area contributed by atoms with Gasteiger partial charge in [0.1, 0.15) is 23.0 Å². The first-order chi connectivity index (χ1) is 15.9. The lowest BCUT2D eigenvalue weighted by atomic mass is 10.2. The fraction of sp³-hybridized carbons (Fsp3) is 0.200. The summed E-state index contributed by atoms with van der Waals surface area (Å²) in [4.78, 5) is 39.8. The summed E-state index contributed by atoms with van der Waals surface area (Å²) in [5, 5.41) is -0.271. The predicted octanol–water partition coefficient (Wildman–Crippen LogP) is 3.09. The Kier molecular flexibility index (Phi) is 6.96. The molecular weight excluding hydrogens is 490 g/mol. The molecule has 0 unspecified atom stereocenters. The van der Waals surface area contributed by atoms with Gasteiger partial charge in [0.05, 0.1) is 17.8 Å². The molecule has 14 heteroatoms. The van der Waals surface area contributed by atoms with Crippen LogP contribution in [0.2, 0.25) is 5.02 Å². The van der Waals surface area contributed by atoms with Crippen molar-refractivity contribution in [3.05, 3.63) is 73.9 Å². The summed E-state index contributed by atoms with van der Waals surface area (Å²) in [5.74, 6) is -2.04. The third kappa shape index (κ3) is 5.20. The molecule has 3 rings (SSSR count). The molecule has 0 aliphatic carbocycles. The fourth-order valence-corrected chi connectivity index (χ4v) is 2.93. The zero-order chi connectivity index (χ0) is 25.2. The number of halogens is 5. The van der Waals surface area contributed by atoms with E-state index in [1.54, 1.807) is 0 Å². The highest BCUT2D eigenvalue weighted by molar-refractivity contribution is 6.32.